The van der Waals surface area contributed by atoms with E-state index in [2.05, 4.69) is 15.5 Å². The van der Waals surface area contributed by atoms with Gasteiger partial charge in [-0.1, -0.05) is 0 Å². The summed E-state index contributed by atoms with van der Waals surface area (Å²) in [6, 6.07) is 0. The number of fused-ring (bicyclic) bond motifs is 1. The first-order chi connectivity index (χ1) is 13.1. The molecule has 0 atom stereocenters. The Bertz CT molecular complexity index is 847. The van der Waals surface area contributed by atoms with Crippen LogP contribution < -0.4 is 5.32 Å². The Labute approximate surface area is 158 Å². The highest BCUT2D eigenvalue weighted by atomic mass is 16.2. The minimum Gasteiger partial charge on any atom is -0.341 e. The van der Waals surface area contributed by atoms with E-state index < -0.39 is 0 Å². The average molecular weight is 370 g/mol. The fourth-order valence-electron chi connectivity index (χ4n) is 4.05. The molecule has 8 heteroatoms. The summed E-state index contributed by atoms with van der Waals surface area (Å²) < 4.78 is 3.26. The van der Waals surface area contributed by atoms with Crippen LogP contribution in [0.25, 0.3) is 0 Å². The Morgan fingerprint density at radius 3 is 2.70 bits per heavy atom. The molecule has 0 unspecified atom stereocenters. The van der Waals surface area contributed by atoms with Crippen LogP contribution in [0.3, 0.4) is 0 Å². The predicted octanol–water partition coefficient (Wildman–Crippen LogP) is 1.76. The van der Waals surface area contributed by atoms with Crippen LogP contribution in [0.15, 0.2) is 12.4 Å². The van der Waals surface area contributed by atoms with E-state index in [4.69, 9.17) is 0 Å². The zero-order valence-electron chi connectivity index (χ0n) is 15.8. The van der Waals surface area contributed by atoms with E-state index in [-0.39, 0.29) is 18.4 Å². The Hall–Kier alpha value is -2.64. The second-order valence-electron chi connectivity index (χ2n) is 7.43. The van der Waals surface area contributed by atoms with E-state index in [9.17, 15) is 9.59 Å². The molecule has 2 aromatic rings. The van der Waals surface area contributed by atoms with Crippen molar-refractivity contribution in [2.45, 2.75) is 51.5 Å². The molecule has 0 radical (unpaired) electrons. The number of aryl methyl sites for hydroxylation is 2. The number of hydrogen-bond acceptors (Lipinski definition) is 4. The number of carbonyl (C=O) groups is 2. The SMILES string of the molecule is Cn1nc2c(c1C(=O)Nc1cnn(CC(=O)N3CCCCC3)c1)CCCC2. The summed E-state index contributed by atoms with van der Waals surface area (Å²) in [5.74, 6) is -0.0913. The maximum atomic E-state index is 12.8. The molecule has 2 aliphatic rings. The molecule has 0 aromatic carbocycles. The monoisotopic (exact) mass is 370 g/mol. The number of carbonyl (C=O) groups excluding carboxylic acids is 2. The number of piperidine rings is 1. The van der Waals surface area contributed by atoms with E-state index in [1.807, 2.05) is 11.9 Å². The third-order valence-corrected chi connectivity index (χ3v) is 5.43. The summed E-state index contributed by atoms with van der Waals surface area (Å²) in [5.41, 5.74) is 3.32. The zero-order chi connectivity index (χ0) is 18.8. The van der Waals surface area contributed by atoms with Crippen molar-refractivity contribution in [2.24, 2.45) is 7.05 Å². The van der Waals surface area contributed by atoms with E-state index in [0.717, 1.165) is 62.9 Å². The van der Waals surface area contributed by atoms with Crippen molar-refractivity contribution in [3.05, 3.63) is 29.3 Å². The highest BCUT2D eigenvalue weighted by Gasteiger charge is 2.24. The van der Waals surface area contributed by atoms with Gasteiger partial charge in [0.25, 0.3) is 5.91 Å². The fraction of sp³-hybridized carbons (Fsp3) is 0.579. The van der Waals surface area contributed by atoms with Crippen LogP contribution in [0.4, 0.5) is 5.69 Å². The van der Waals surface area contributed by atoms with Gasteiger partial charge in [0.2, 0.25) is 5.91 Å². The van der Waals surface area contributed by atoms with Gasteiger partial charge in [0.1, 0.15) is 12.2 Å². The lowest BCUT2D eigenvalue weighted by molar-refractivity contribution is -0.132. The van der Waals surface area contributed by atoms with Crippen LogP contribution in [-0.2, 0) is 31.2 Å². The summed E-state index contributed by atoms with van der Waals surface area (Å²) in [6.07, 6.45) is 10.7. The second-order valence-corrected chi connectivity index (χ2v) is 7.43. The van der Waals surface area contributed by atoms with Gasteiger partial charge in [-0.2, -0.15) is 10.2 Å². The molecule has 0 bridgehead atoms. The van der Waals surface area contributed by atoms with E-state index in [0.29, 0.717) is 11.4 Å². The number of rotatable bonds is 4. The molecule has 1 aliphatic heterocycles. The van der Waals surface area contributed by atoms with Crippen LogP contribution >= 0.6 is 0 Å². The number of amides is 2. The highest BCUT2D eigenvalue weighted by molar-refractivity contribution is 6.04. The Morgan fingerprint density at radius 2 is 1.89 bits per heavy atom. The lowest BCUT2D eigenvalue weighted by Crippen LogP contribution is -2.37. The van der Waals surface area contributed by atoms with Gasteiger partial charge in [0.05, 0.1) is 17.6 Å². The molecular weight excluding hydrogens is 344 g/mol. The third kappa shape index (κ3) is 3.74. The zero-order valence-corrected chi connectivity index (χ0v) is 15.8. The lowest BCUT2D eigenvalue weighted by atomic mass is 9.95. The van der Waals surface area contributed by atoms with Crippen molar-refractivity contribution < 1.29 is 9.59 Å². The van der Waals surface area contributed by atoms with Gasteiger partial charge in [0, 0.05) is 31.9 Å². The normalized spacial score (nSPS) is 16.9. The van der Waals surface area contributed by atoms with Crippen molar-refractivity contribution in [2.75, 3.05) is 18.4 Å². The molecule has 27 heavy (non-hydrogen) atoms. The first-order valence-corrected chi connectivity index (χ1v) is 9.78. The first kappa shape index (κ1) is 17.8. The van der Waals surface area contributed by atoms with Gasteiger partial charge >= 0.3 is 0 Å². The number of nitrogens with one attached hydrogen (secondary N) is 1. The number of hydrogen-bond donors (Lipinski definition) is 1. The molecule has 1 aliphatic carbocycles. The molecule has 1 N–H and O–H groups in total. The first-order valence-electron chi connectivity index (χ1n) is 9.78. The Balaban J connectivity index is 1.41. The van der Waals surface area contributed by atoms with Crippen LogP contribution in [0.5, 0.6) is 0 Å². The standard InChI is InChI=1S/C19H26N6O2/c1-23-18(15-7-3-4-8-16(15)22-23)19(27)21-14-11-20-25(12-14)13-17(26)24-9-5-2-6-10-24/h11-12H,2-10,13H2,1H3,(H,21,27). The molecule has 0 spiro atoms. The Kier molecular flexibility index (Phi) is 4.96. The van der Waals surface area contributed by atoms with Gasteiger partial charge in [-0.05, 0) is 44.9 Å². The van der Waals surface area contributed by atoms with E-state index in [1.165, 1.54) is 6.42 Å². The Morgan fingerprint density at radius 1 is 1.11 bits per heavy atom. The number of anilines is 1. The molecule has 3 heterocycles. The average Bonchev–Trinajstić information content (AvgIpc) is 3.25. The van der Waals surface area contributed by atoms with Gasteiger partial charge < -0.3 is 10.2 Å². The molecule has 1 fully saturated rings. The maximum absolute atomic E-state index is 12.8. The fourth-order valence-corrected chi connectivity index (χ4v) is 4.05. The third-order valence-electron chi connectivity index (χ3n) is 5.43. The molecular formula is C19H26N6O2. The van der Waals surface area contributed by atoms with Crippen molar-refractivity contribution in [3.63, 3.8) is 0 Å². The predicted molar refractivity (Wildman–Crippen MR) is 100 cm³/mol. The molecule has 4 rings (SSSR count). The minimum absolute atomic E-state index is 0.0800. The van der Waals surface area contributed by atoms with Crippen LogP contribution in [-0.4, -0.2) is 49.4 Å². The largest absolute Gasteiger partial charge is 0.341 e. The molecule has 1 saturated heterocycles. The number of likely N-dealkylation sites (tertiary alicyclic amines) is 1. The van der Waals surface area contributed by atoms with Crippen molar-refractivity contribution in [3.8, 4) is 0 Å². The maximum Gasteiger partial charge on any atom is 0.274 e. The minimum atomic E-state index is -0.171. The second kappa shape index (κ2) is 7.54. The summed E-state index contributed by atoms with van der Waals surface area (Å²) in [4.78, 5) is 27.0. The lowest BCUT2D eigenvalue weighted by Gasteiger charge is -2.26. The molecule has 2 aromatic heterocycles. The molecule has 144 valence electrons. The topological polar surface area (TPSA) is 85.0 Å². The number of aromatic nitrogens is 4. The van der Waals surface area contributed by atoms with Crippen LogP contribution in [0.1, 0.15) is 53.8 Å². The van der Waals surface area contributed by atoms with Gasteiger partial charge in [-0.3, -0.25) is 19.0 Å². The van der Waals surface area contributed by atoms with Crippen LogP contribution in [0, 0.1) is 0 Å². The summed E-state index contributed by atoms with van der Waals surface area (Å²) in [5, 5.41) is 11.6. The van der Waals surface area contributed by atoms with Crippen molar-refractivity contribution in [1.29, 1.82) is 0 Å². The van der Waals surface area contributed by atoms with Crippen molar-refractivity contribution >= 4 is 17.5 Å². The van der Waals surface area contributed by atoms with Gasteiger partial charge in [-0.15, -0.1) is 0 Å². The summed E-state index contributed by atoms with van der Waals surface area (Å²) >= 11 is 0. The van der Waals surface area contributed by atoms with Gasteiger partial charge in [0.15, 0.2) is 0 Å². The smallest absolute Gasteiger partial charge is 0.274 e. The molecule has 0 saturated carbocycles. The van der Waals surface area contributed by atoms with E-state index >= 15 is 0 Å². The molecule has 2 amide bonds. The van der Waals surface area contributed by atoms with Gasteiger partial charge in [-0.25, -0.2) is 0 Å². The highest BCUT2D eigenvalue weighted by Crippen LogP contribution is 2.24. The number of nitrogens with zero attached hydrogens (tertiary/aromatic N) is 5. The quantitative estimate of drug-likeness (QED) is 0.889. The summed E-state index contributed by atoms with van der Waals surface area (Å²) in [6.45, 7) is 1.86. The molecule has 8 nitrogen and oxygen atoms in total. The summed E-state index contributed by atoms with van der Waals surface area (Å²) in [7, 11) is 1.81. The van der Waals surface area contributed by atoms with E-state index in [1.54, 1.807) is 21.8 Å². The van der Waals surface area contributed by atoms with Crippen molar-refractivity contribution in [1.82, 2.24) is 24.5 Å². The van der Waals surface area contributed by atoms with Crippen LogP contribution in [0.2, 0.25) is 0 Å².